The zero-order chi connectivity index (χ0) is 10.9. The summed E-state index contributed by atoms with van der Waals surface area (Å²) in [5.41, 5.74) is 0. The zero-order valence-corrected chi connectivity index (χ0v) is 8.87. The van der Waals surface area contributed by atoms with Gasteiger partial charge in [0.15, 0.2) is 9.84 Å². The Morgan fingerprint density at radius 1 is 1.00 bits per heavy atom. The summed E-state index contributed by atoms with van der Waals surface area (Å²) in [7, 11) is -3.33. The van der Waals surface area contributed by atoms with Gasteiger partial charge in [0.25, 0.3) is 0 Å². The van der Waals surface area contributed by atoms with E-state index in [1.807, 2.05) is 24.3 Å². The zero-order valence-electron chi connectivity index (χ0n) is 8.05. The second-order valence-corrected chi connectivity index (χ2v) is 5.12. The third-order valence-electron chi connectivity index (χ3n) is 2.27. The highest BCUT2D eigenvalue weighted by Gasteiger charge is 2.09. The Bertz CT molecular complexity index is 612. The van der Waals surface area contributed by atoms with Crippen LogP contribution in [0.5, 0.6) is 0 Å². The summed E-state index contributed by atoms with van der Waals surface area (Å²) in [5.74, 6) is 0. The number of hydrogen-bond acceptors (Lipinski definition) is 2. The Kier molecular flexibility index (Phi) is 2.32. The lowest BCUT2D eigenvalue weighted by Crippen LogP contribution is -1.94. The van der Waals surface area contributed by atoms with Crippen molar-refractivity contribution in [3.8, 4) is 0 Å². The van der Waals surface area contributed by atoms with Gasteiger partial charge in [0, 0.05) is 5.41 Å². The van der Waals surface area contributed by atoms with Crippen LogP contribution in [0, 0.1) is 0 Å². The molecule has 0 unspecified atom stereocenters. The number of fused-ring (bicyclic) bond motifs is 1. The summed E-state index contributed by atoms with van der Waals surface area (Å²) < 4.78 is 23.1. The van der Waals surface area contributed by atoms with Crippen LogP contribution in [0.25, 0.3) is 10.8 Å². The molecular weight excluding hydrogens is 208 g/mol. The molecule has 0 amide bonds. The monoisotopic (exact) mass is 218 g/mol. The molecule has 0 spiro atoms. The lowest BCUT2D eigenvalue weighted by Gasteiger charge is -2.01. The van der Waals surface area contributed by atoms with E-state index in [4.69, 9.17) is 0 Å². The van der Waals surface area contributed by atoms with Crippen LogP contribution in [0.3, 0.4) is 0 Å². The Labute approximate surface area is 88.8 Å². The summed E-state index contributed by atoms with van der Waals surface area (Å²) >= 11 is 0. The van der Waals surface area contributed by atoms with Crippen molar-refractivity contribution in [3.05, 3.63) is 54.5 Å². The smallest absolute Gasteiger partial charge is 0.199 e. The van der Waals surface area contributed by atoms with E-state index < -0.39 is 9.84 Å². The largest absolute Gasteiger partial charge is 0.219 e. The molecule has 3 heteroatoms. The van der Waals surface area contributed by atoms with Gasteiger partial charge in [-0.1, -0.05) is 36.9 Å². The number of sulfone groups is 1. The molecule has 2 aromatic rings. The lowest BCUT2D eigenvalue weighted by molar-refractivity contribution is 0.605. The van der Waals surface area contributed by atoms with Crippen molar-refractivity contribution in [2.45, 2.75) is 4.90 Å². The lowest BCUT2D eigenvalue weighted by atomic mass is 10.1. The van der Waals surface area contributed by atoms with Crippen molar-refractivity contribution in [1.29, 1.82) is 0 Å². The highest BCUT2D eigenvalue weighted by molar-refractivity contribution is 7.94. The van der Waals surface area contributed by atoms with E-state index in [9.17, 15) is 8.42 Å². The van der Waals surface area contributed by atoms with Gasteiger partial charge in [0.1, 0.15) is 0 Å². The number of rotatable bonds is 2. The van der Waals surface area contributed by atoms with Gasteiger partial charge in [-0.15, -0.1) is 0 Å². The first-order valence-electron chi connectivity index (χ1n) is 4.50. The predicted molar refractivity (Wildman–Crippen MR) is 61.3 cm³/mol. The molecule has 0 aliphatic carbocycles. The molecule has 0 heterocycles. The fourth-order valence-electron chi connectivity index (χ4n) is 1.44. The molecule has 0 saturated heterocycles. The number of hydrogen-bond donors (Lipinski definition) is 0. The molecule has 2 aromatic carbocycles. The van der Waals surface area contributed by atoms with Gasteiger partial charge in [-0.2, -0.15) is 0 Å². The molecule has 2 nitrogen and oxygen atoms in total. The highest BCUT2D eigenvalue weighted by Crippen LogP contribution is 2.19. The van der Waals surface area contributed by atoms with Crippen molar-refractivity contribution in [3.63, 3.8) is 0 Å². The van der Waals surface area contributed by atoms with Gasteiger partial charge in [-0.3, -0.25) is 0 Å². The third-order valence-corrected chi connectivity index (χ3v) is 3.62. The van der Waals surface area contributed by atoms with Gasteiger partial charge in [-0.25, -0.2) is 8.42 Å². The van der Waals surface area contributed by atoms with Crippen LogP contribution in [-0.2, 0) is 9.84 Å². The fourth-order valence-corrected chi connectivity index (χ4v) is 2.18. The maximum Gasteiger partial charge on any atom is 0.199 e. The average Bonchev–Trinajstić information content (AvgIpc) is 2.28. The maximum absolute atomic E-state index is 11.5. The van der Waals surface area contributed by atoms with Crippen LogP contribution in [0.4, 0.5) is 0 Å². The van der Waals surface area contributed by atoms with Crippen LogP contribution < -0.4 is 0 Å². The third kappa shape index (κ3) is 1.78. The van der Waals surface area contributed by atoms with E-state index in [0.29, 0.717) is 0 Å². The highest BCUT2D eigenvalue weighted by atomic mass is 32.2. The molecule has 0 saturated carbocycles. The van der Waals surface area contributed by atoms with Gasteiger partial charge >= 0.3 is 0 Å². The second-order valence-electron chi connectivity index (χ2n) is 3.22. The van der Waals surface area contributed by atoms with Gasteiger partial charge in [-0.05, 0) is 22.9 Å². The maximum atomic E-state index is 11.5. The molecule has 76 valence electrons. The summed E-state index contributed by atoms with van der Waals surface area (Å²) in [6, 6.07) is 12.7. The Morgan fingerprint density at radius 2 is 1.67 bits per heavy atom. The molecule has 0 N–H and O–H groups in total. The molecule has 0 radical (unpaired) electrons. The van der Waals surface area contributed by atoms with Crippen molar-refractivity contribution in [1.82, 2.24) is 0 Å². The summed E-state index contributed by atoms with van der Waals surface area (Å²) in [5, 5.41) is 2.91. The van der Waals surface area contributed by atoms with Gasteiger partial charge < -0.3 is 0 Å². The average molecular weight is 218 g/mol. The van der Waals surface area contributed by atoms with E-state index in [2.05, 4.69) is 6.58 Å². The molecular formula is C12H10O2S. The van der Waals surface area contributed by atoms with E-state index >= 15 is 0 Å². The molecule has 0 bridgehead atoms. The minimum absolute atomic E-state index is 0.288. The van der Waals surface area contributed by atoms with E-state index in [-0.39, 0.29) is 4.90 Å². The van der Waals surface area contributed by atoms with E-state index in [1.165, 1.54) is 0 Å². The molecule has 0 atom stereocenters. The first kappa shape index (κ1) is 9.93. The first-order chi connectivity index (χ1) is 7.13. The first-order valence-corrected chi connectivity index (χ1v) is 6.04. The molecule has 15 heavy (non-hydrogen) atoms. The molecule has 0 aliphatic rings. The number of benzene rings is 2. The van der Waals surface area contributed by atoms with E-state index in [1.54, 1.807) is 18.2 Å². The predicted octanol–water partition coefficient (Wildman–Crippen LogP) is 2.76. The van der Waals surface area contributed by atoms with E-state index in [0.717, 1.165) is 16.2 Å². The van der Waals surface area contributed by atoms with Crippen molar-refractivity contribution < 1.29 is 8.42 Å². The topological polar surface area (TPSA) is 34.1 Å². The summed E-state index contributed by atoms with van der Waals surface area (Å²) in [6.45, 7) is 3.30. The molecule has 0 aliphatic heterocycles. The Hall–Kier alpha value is -1.61. The van der Waals surface area contributed by atoms with Crippen molar-refractivity contribution >= 4 is 20.6 Å². The molecule has 0 fully saturated rings. The SMILES string of the molecule is C=CS(=O)(=O)c1ccc2ccccc2c1. The van der Waals surface area contributed by atoms with Crippen molar-refractivity contribution in [2.75, 3.05) is 0 Å². The quantitative estimate of drug-likeness (QED) is 0.776. The Balaban J connectivity index is 2.72. The normalized spacial score (nSPS) is 11.5. The summed E-state index contributed by atoms with van der Waals surface area (Å²) in [4.78, 5) is 0.288. The van der Waals surface area contributed by atoms with Gasteiger partial charge in [0.2, 0.25) is 0 Å². The standard InChI is InChI=1S/C12H10O2S/c1-2-15(13,14)12-8-7-10-5-3-4-6-11(10)9-12/h2-9H,1H2. The minimum atomic E-state index is -3.33. The fraction of sp³-hybridized carbons (Fsp3) is 0. The molecule has 2 rings (SSSR count). The second kappa shape index (κ2) is 3.51. The summed E-state index contributed by atoms with van der Waals surface area (Å²) in [6.07, 6.45) is 0. The Morgan fingerprint density at radius 3 is 2.33 bits per heavy atom. The minimum Gasteiger partial charge on any atom is -0.219 e. The van der Waals surface area contributed by atoms with Gasteiger partial charge in [0.05, 0.1) is 4.90 Å². The van der Waals surface area contributed by atoms with Crippen LogP contribution in [0.2, 0.25) is 0 Å². The van der Waals surface area contributed by atoms with Crippen LogP contribution in [-0.4, -0.2) is 8.42 Å². The van der Waals surface area contributed by atoms with Crippen LogP contribution in [0.1, 0.15) is 0 Å². The van der Waals surface area contributed by atoms with Crippen molar-refractivity contribution in [2.24, 2.45) is 0 Å². The molecule has 0 aromatic heterocycles. The van der Waals surface area contributed by atoms with Crippen LogP contribution in [0.15, 0.2) is 59.3 Å². The van der Waals surface area contributed by atoms with Crippen LogP contribution >= 0.6 is 0 Å².